The Morgan fingerprint density at radius 2 is 2.32 bits per heavy atom. The highest BCUT2D eigenvalue weighted by Gasteiger charge is 2.07. The maximum absolute atomic E-state index is 5.17. The molecule has 0 atom stereocenters. The molecule has 0 aliphatic rings. The smallest absolute Gasteiger partial charge is 0.207 e. The van der Waals surface area contributed by atoms with Gasteiger partial charge in [0.05, 0.1) is 12.3 Å². The third kappa shape index (κ3) is 3.23. The first kappa shape index (κ1) is 13.4. The molecule has 2 rings (SSSR count). The third-order valence-electron chi connectivity index (χ3n) is 2.73. The summed E-state index contributed by atoms with van der Waals surface area (Å²) in [7, 11) is 1.70. The zero-order valence-corrected chi connectivity index (χ0v) is 11.4. The molecule has 1 aromatic carbocycles. The Labute approximate surface area is 113 Å². The lowest BCUT2D eigenvalue weighted by Crippen LogP contribution is -2.05. The van der Waals surface area contributed by atoms with Gasteiger partial charge in [0, 0.05) is 25.5 Å². The van der Waals surface area contributed by atoms with Gasteiger partial charge in [0.15, 0.2) is 0 Å². The maximum atomic E-state index is 5.17. The molecule has 0 amide bonds. The fourth-order valence-electron chi connectivity index (χ4n) is 1.95. The number of anilines is 1. The van der Waals surface area contributed by atoms with E-state index in [2.05, 4.69) is 29.0 Å². The van der Waals surface area contributed by atoms with Gasteiger partial charge < -0.3 is 10.1 Å². The summed E-state index contributed by atoms with van der Waals surface area (Å²) in [5, 5.41) is 3.24. The van der Waals surface area contributed by atoms with Crippen LogP contribution in [0.2, 0.25) is 0 Å². The number of methoxy groups -OCH3 is 1. The molecule has 0 bridgehead atoms. The van der Waals surface area contributed by atoms with Crippen molar-refractivity contribution in [1.82, 2.24) is 9.55 Å². The Morgan fingerprint density at radius 1 is 1.47 bits per heavy atom. The molecule has 4 nitrogen and oxygen atoms in total. The minimum Gasteiger partial charge on any atom is -0.380 e. The van der Waals surface area contributed by atoms with Gasteiger partial charge in [0.25, 0.3) is 0 Å². The van der Waals surface area contributed by atoms with Crippen LogP contribution in [0.15, 0.2) is 43.1 Å². The summed E-state index contributed by atoms with van der Waals surface area (Å²) < 4.78 is 7.20. The molecule has 19 heavy (non-hydrogen) atoms. The van der Waals surface area contributed by atoms with Gasteiger partial charge in [0.2, 0.25) is 5.95 Å². The van der Waals surface area contributed by atoms with Crippen LogP contribution in [-0.2, 0) is 11.3 Å². The number of nitrogens with zero attached hydrogens (tertiary/aromatic N) is 2. The van der Waals surface area contributed by atoms with E-state index in [1.165, 1.54) is 0 Å². The zero-order chi connectivity index (χ0) is 13.7. The molecule has 1 heterocycles. The van der Waals surface area contributed by atoms with E-state index in [-0.39, 0.29) is 0 Å². The third-order valence-corrected chi connectivity index (χ3v) is 2.73. The van der Waals surface area contributed by atoms with Crippen molar-refractivity contribution in [2.45, 2.75) is 13.5 Å². The molecular formula is C15H19N3O. The van der Waals surface area contributed by atoms with Gasteiger partial charge in [-0.25, -0.2) is 4.98 Å². The van der Waals surface area contributed by atoms with Crippen LogP contribution in [-0.4, -0.2) is 23.2 Å². The summed E-state index contributed by atoms with van der Waals surface area (Å²) in [4.78, 5) is 4.47. The molecule has 2 aromatic rings. The average molecular weight is 257 g/mol. The van der Waals surface area contributed by atoms with E-state index < -0.39 is 0 Å². The quantitative estimate of drug-likeness (QED) is 0.809. The van der Waals surface area contributed by atoms with Gasteiger partial charge in [-0.1, -0.05) is 18.2 Å². The molecule has 0 aliphatic heterocycles. The fraction of sp³-hybridized carbons (Fsp3) is 0.267. The van der Waals surface area contributed by atoms with Crippen LogP contribution in [0.3, 0.4) is 0 Å². The first-order valence-corrected chi connectivity index (χ1v) is 6.23. The van der Waals surface area contributed by atoms with Gasteiger partial charge in [-0.2, -0.15) is 0 Å². The molecule has 0 aliphatic carbocycles. The second kappa shape index (κ2) is 6.20. The Balaban J connectivity index is 2.34. The fourth-order valence-corrected chi connectivity index (χ4v) is 1.95. The molecule has 0 fully saturated rings. The van der Waals surface area contributed by atoms with Crippen LogP contribution in [0.1, 0.15) is 11.3 Å². The lowest BCUT2D eigenvalue weighted by atomic mass is 10.2. The number of ether oxygens (including phenoxy) is 1. The van der Waals surface area contributed by atoms with Crippen LogP contribution in [0.5, 0.6) is 0 Å². The summed E-state index contributed by atoms with van der Waals surface area (Å²) in [6, 6.07) is 8.23. The van der Waals surface area contributed by atoms with Gasteiger partial charge in [-0.3, -0.25) is 4.57 Å². The average Bonchev–Trinajstić information content (AvgIpc) is 2.78. The Kier molecular flexibility index (Phi) is 4.36. The normalized spacial score (nSPS) is 10.4. The minimum atomic E-state index is 0.608. The topological polar surface area (TPSA) is 39.1 Å². The van der Waals surface area contributed by atoms with E-state index in [1.54, 1.807) is 7.11 Å². The molecule has 1 aromatic heterocycles. The Hall–Kier alpha value is -2.07. The Morgan fingerprint density at radius 3 is 3.05 bits per heavy atom. The van der Waals surface area contributed by atoms with Crippen LogP contribution in [0.4, 0.5) is 5.95 Å². The van der Waals surface area contributed by atoms with E-state index in [0.717, 1.165) is 22.9 Å². The van der Waals surface area contributed by atoms with Gasteiger partial charge >= 0.3 is 0 Å². The van der Waals surface area contributed by atoms with Crippen LogP contribution < -0.4 is 5.32 Å². The highest BCUT2D eigenvalue weighted by Crippen LogP contribution is 2.18. The summed E-state index contributed by atoms with van der Waals surface area (Å²) >= 11 is 0. The Bertz CT molecular complexity index is 560. The van der Waals surface area contributed by atoms with Crippen LogP contribution in [0, 0.1) is 6.92 Å². The van der Waals surface area contributed by atoms with Crippen molar-refractivity contribution in [3.05, 3.63) is 54.4 Å². The molecule has 0 saturated heterocycles. The van der Waals surface area contributed by atoms with Crippen molar-refractivity contribution in [2.24, 2.45) is 0 Å². The van der Waals surface area contributed by atoms with Gasteiger partial charge in [-0.15, -0.1) is 6.58 Å². The first-order chi connectivity index (χ1) is 9.24. The lowest BCUT2D eigenvalue weighted by molar-refractivity contribution is 0.185. The predicted molar refractivity (Wildman–Crippen MR) is 77.7 cm³/mol. The van der Waals surface area contributed by atoms with Crippen molar-refractivity contribution in [3.63, 3.8) is 0 Å². The van der Waals surface area contributed by atoms with Crippen molar-refractivity contribution in [3.8, 4) is 5.69 Å². The largest absolute Gasteiger partial charge is 0.380 e. The van der Waals surface area contributed by atoms with Crippen molar-refractivity contribution in [1.29, 1.82) is 0 Å². The second-order valence-electron chi connectivity index (χ2n) is 4.35. The number of aromatic nitrogens is 2. The maximum Gasteiger partial charge on any atom is 0.207 e. The number of imidazole rings is 1. The monoisotopic (exact) mass is 257 g/mol. The predicted octanol–water partition coefficient (Wildman–Crippen LogP) is 2.93. The molecular weight excluding hydrogens is 238 g/mol. The summed E-state index contributed by atoms with van der Waals surface area (Å²) in [6.45, 7) is 6.98. The number of nitrogens with one attached hydrogen (secondary N) is 1. The van der Waals surface area contributed by atoms with E-state index in [9.17, 15) is 0 Å². The van der Waals surface area contributed by atoms with E-state index in [0.29, 0.717) is 13.2 Å². The number of rotatable bonds is 6. The highest BCUT2D eigenvalue weighted by atomic mass is 16.5. The molecule has 0 spiro atoms. The molecule has 4 heteroatoms. The van der Waals surface area contributed by atoms with Crippen LogP contribution in [0.25, 0.3) is 5.69 Å². The van der Waals surface area contributed by atoms with Gasteiger partial charge in [0.1, 0.15) is 0 Å². The molecule has 0 radical (unpaired) electrons. The standard InChI is InChI=1S/C15H19N3O/c1-4-8-16-15-17-12(2)10-18(15)14-7-5-6-13(9-14)11-19-3/h4-7,9-10H,1,8,11H2,2-3H3,(H,16,17). The SMILES string of the molecule is C=CCNc1nc(C)cn1-c1cccc(COC)c1. The second-order valence-corrected chi connectivity index (χ2v) is 4.35. The molecule has 100 valence electrons. The minimum absolute atomic E-state index is 0.608. The van der Waals surface area contributed by atoms with Crippen molar-refractivity contribution < 1.29 is 4.74 Å². The van der Waals surface area contributed by atoms with E-state index in [1.807, 2.05) is 35.9 Å². The van der Waals surface area contributed by atoms with Crippen LogP contribution >= 0.6 is 0 Å². The van der Waals surface area contributed by atoms with Gasteiger partial charge in [-0.05, 0) is 24.6 Å². The number of hydrogen-bond donors (Lipinski definition) is 1. The summed E-state index contributed by atoms with van der Waals surface area (Å²) in [5.74, 6) is 0.826. The zero-order valence-electron chi connectivity index (χ0n) is 11.4. The number of hydrogen-bond acceptors (Lipinski definition) is 3. The summed E-state index contributed by atoms with van der Waals surface area (Å²) in [5.41, 5.74) is 3.19. The summed E-state index contributed by atoms with van der Waals surface area (Å²) in [6.07, 6.45) is 3.83. The lowest BCUT2D eigenvalue weighted by Gasteiger charge is -2.10. The highest BCUT2D eigenvalue weighted by molar-refractivity contribution is 5.45. The molecule has 0 saturated carbocycles. The number of aryl methyl sites for hydroxylation is 1. The first-order valence-electron chi connectivity index (χ1n) is 6.23. The van der Waals surface area contributed by atoms with Crippen molar-refractivity contribution >= 4 is 5.95 Å². The number of benzene rings is 1. The molecule has 0 unspecified atom stereocenters. The van der Waals surface area contributed by atoms with E-state index >= 15 is 0 Å². The van der Waals surface area contributed by atoms with Crippen molar-refractivity contribution in [2.75, 3.05) is 19.0 Å². The van der Waals surface area contributed by atoms with E-state index in [4.69, 9.17) is 4.74 Å². The molecule has 1 N–H and O–H groups in total.